The number of aliphatic hydroxyl groups excluding tert-OH is 1. The van der Waals surface area contributed by atoms with E-state index in [1.54, 1.807) is 42.6 Å². The van der Waals surface area contributed by atoms with Gasteiger partial charge in [0, 0.05) is 17.8 Å². The summed E-state index contributed by atoms with van der Waals surface area (Å²) in [7, 11) is 0. The molecule has 6 heteroatoms. The fourth-order valence-corrected chi connectivity index (χ4v) is 2.93. The van der Waals surface area contributed by atoms with Crippen LogP contribution in [0.4, 0.5) is 0 Å². The van der Waals surface area contributed by atoms with Crippen molar-refractivity contribution in [1.29, 1.82) is 0 Å². The lowest BCUT2D eigenvalue weighted by molar-refractivity contribution is 0.284. The second-order valence-corrected chi connectivity index (χ2v) is 5.94. The fraction of sp³-hybridized carbons (Fsp3) is 0.222. The number of benzene rings is 1. The van der Waals surface area contributed by atoms with Crippen molar-refractivity contribution in [3.63, 3.8) is 0 Å². The predicted molar refractivity (Wildman–Crippen MR) is 94.0 cm³/mol. The van der Waals surface area contributed by atoms with Crippen LogP contribution in [0, 0.1) is 0 Å². The van der Waals surface area contributed by atoms with E-state index >= 15 is 0 Å². The van der Waals surface area contributed by atoms with E-state index in [-0.39, 0.29) is 17.9 Å². The zero-order valence-corrected chi connectivity index (χ0v) is 13.7. The summed E-state index contributed by atoms with van der Waals surface area (Å²) in [5, 5.41) is 20.5. The summed E-state index contributed by atoms with van der Waals surface area (Å²) in [5.41, 5.74) is 0.982. The van der Waals surface area contributed by atoms with Crippen molar-refractivity contribution in [2.24, 2.45) is 0 Å². The second-order valence-electron chi connectivity index (χ2n) is 5.50. The smallest absolute Gasteiger partial charge is 0.263 e. The van der Waals surface area contributed by atoms with Gasteiger partial charge in [-0.15, -0.1) is 0 Å². The number of rotatable bonds is 5. The van der Waals surface area contributed by atoms with E-state index in [0.717, 1.165) is 0 Å². The summed E-state index contributed by atoms with van der Waals surface area (Å²) in [4.78, 5) is 17.2. The zero-order valence-electron chi connectivity index (χ0n) is 12.9. The van der Waals surface area contributed by atoms with E-state index < -0.39 is 0 Å². The quantitative estimate of drug-likeness (QED) is 0.697. The second kappa shape index (κ2) is 7.03. The van der Waals surface area contributed by atoms with Crippen LogP contribution in [0.5, 0.6) is 5.75 Å². The minimum Gasteiger partial charge on any atom is -0.507 e. The third-order valence-corrected chi connectivity index (χ3v) is 4.14. The zero-order chi connectivity index (χ0) is 17.1. The maximum absolute atomic E-state index is 13.0. The largest absolute Gasteiger partial charge is 0.507 e. The molecule has 0 aliphatic carbocycles. The van der Waals surface area contributed by atoms with E-state index in [1.165, 1.54) is 4.57 Å². The Kier molecular flexibility index (Phi) is 4.83. The SMILES string of the molecule is O=c1c(CCCCO)c(O)c2cccnc2n1-c1cccc(Cl)c1. The van der Waals surface area contributed by atoms with E-state index in [1.807, 2.05) is 0 Å². The number of nitrogens with zero attached hydrogens (tertiary/aromatic N) is 2. The van der Waals surface area contributed by atoms with Crippen molar-refractivity contribution < 1.29 is 10.2 Å². The Morgan fingerprint density at radius 3 is 2.75 bits per heavy atom. The molecule has 2 aromatic heterocycles. The molecule has 2 heterocycles. The van der Waals surface area contributed by atoms with Crippen molar-refractivity contribution in [1.82, 2.24) is 9.55 Å². The van der Waals surface area contributed by atoms with Crippen LogP contribution in [0.1, 0.15) is 18.4 Å². The fourth-order valence-electron chi connectivity index (χ4n) is 2.75. The van der Waals surface area contributed by atoms with Gasteiger partial charge in [0.1, 0.15) is 5.75 Å². The average Bonchev–Trinajstić information content (AvgIpc) is 2.58. The van der Waals surface area contributed by atoms with Crippen molar-refractivity contribution in [2.75, 3.05) is 6.61 Å². The van der Waals surface area contributed by atoms with Crippen molar-refractivity contribution in [3.8, 4) is 11.4 Å². The molecule has 0 atom stereocenters. The highest BCUT2D eigenvalue weighted by Crippen LogP contribution is 2.28. The average molecular weight is 345 g/mol. The molecule has 3 rings (SSSR count). The first-order valence-corrected chi connectivity index (χ1v) is 8.09. The first kappa shape index (κ1) is 16.5. The van der Waals surface area contributed by atoms with Crippen LogP contribution < -0.4 is 5.56 Å². The Balaban J connectivity index is 2.29. The minimum absolute atomic E-state index is 0.0423. The van der Waals surface area contributed by atoms with E-state index in [2.05, 4.69) is 4.98 Å². The molecule has 1 aromatic carbocycles. The van der Waals surface area contributed by atoms with Gasteiger partial charge in [-0.2, -0.15) is 0 Å². The predicted octanol–water partition coefficient (Wildman–Crippen LogP) is 3.06. The van der Waals surface area contributed by atoms with Gasteiger partial charge in [-0.1, -0.05) is 17.7 Å². The summed E-state index contributed by atoms with van der Waals surface area (Å²) >= 11 is 6.06. The molecule has 0 saturated carbocycles. The van der Waals surface area contributed by atoms with E-state index in [4.69, 9.17) is 16.7 Å². The molecule has 0 aliphatic rings. The molecular weight excluding hydrogens is 328 g/mol. The Bertz CT molecular complexity index is 937. The Hall–Kier alpha value is -2.37. The van der Waals surface area contributed by atoms with Gasteiger partial charge in [-0.25, -0.2) is 4.98 Å². The Labute approximate surface area is 143 Å². The van der Waals surface area contributed by atoms with Gasteiger partial charge in [0.25, 0.3) is 5.56 Å². The highest BCUT2D eigenvalue weighted by molar-refractivity contribution is 6.30. The normalized spacial score (nSPS) is 11.1. The number of hydrogen-bond acceptors (Lipinski definition) is 4. The number of pyridine rings is 2. The molecular formula is C18H17ClN2O3. The third kappa shape index (κ3) is 3.00. The number of halogens is 1. The van der Waals surface area contributed by atoms with Crippen LogP contribution in [0.3, 0.4) is 0 Å². The van der Waals surface area contributed by atoms with Crippen molar-refractivity contribution >= 4 is 22.6 Å². The third-order valence-electron chi connectivity index (χ3n) is 3.90. The van der Waals surface area contributed by atoms with Crippen molar-refractivity contribution in [2.45, 2.75) is 19.3 Å². The standard InChI is InChI=1S/C18H17ClN2O3/c19-12-5-3-6-13(11-12)21-17-14(8-4-9-20-17)16(23)15(18(21)24)7-1-2-10-22/h3-6,8-9,11,22-23H,1-2,7,10H2. The van der Waals surface area contributed by atoms with Crippen LogP contribution in [0.25, 0.3) is 16.7 Å². The lowest BCUT2D eigenvalue weighted by Crippen LogP contribution is -2.23. The van der Waals surface area contributed by atoms with Crippen LogP contribution in [-0.4, -0.2) is 26.4 Å². The molecule has 124 valence electrons. The Morgan fingerprint density at radius 1 is 1.17 bits per heavy atom. The van der Waals surface area contributed by atoms with E-state index in [0.29, 0.717) is 46.6 Å². The summed E-state index contributed by atoms with van der Waals surface area (Å²) in [6.07, 6.45) is 3.14. The molecule has 3 aromatic rings. The molecule has 0 bridgehead atoms. The molecule has 0 fully saturated rings. The highest BCUT2D eigenvalue weighted by atomic mass is 35.5. The molecule has 0 aliphatic heterocycles. The first-order valence-electron chi connectivity index (χ1n) is 7.72. The van der Waals surface area contributed by atoms with Gasteiger partial charge >= 0.3 is 0 Å². The maximum atomic E-state index is 13.0. The van der Waals surface area contributed by atoms with Crippen molar-refractivity contribution in [3.05, 3.63) is 63.5 Å². The number of fused-ring (bicyclic) bond motifs is 1. The van der Waals surface area contributed by atoms with Crippen LogP contribution in [0.2, 0.25) is 5.02 Å². The van der Waals surface area contributed by atoms with E-state index in [9.17, 15) is 9.90 Å². The monoisotopic (exact) mass is 344 g/mol. The molecule has 0 radical (unpaired) electrons. The number of unbranched alkanes of at least 4 members (excludes halogenated alkanes) is 1. The molecule has 0 spiro atoms. The highest BCUT2D eigenvalue weighted by Gasteiger charge is 2.17. The minimum atomic E-state index is -0.320. The first-order chi connectivity index (χ1) is 11.6. The van der Waals surface area contributed by atoms with Gasteiger partial charge in [-0.3, -0.25) is 9.36 Å². The summed E-state index contributed by atoms with van der Waals surface area (Å²) < 4.78 is 1.47. The molecule has 0 amide bonds. The van der Waals surface area contributed by atoms with Gasteiger partial charge in [0.2, 0.25) is 0 Å². The topological polar surface area (TPSA) is 75.3 Å². The molecule has 24 heavy (non-hydrogen) atoms. The maximum Gasteiger partial charge on any atom is 0.263 e. The molecule has 2 N–H and O–H groups in total. The lowest BCUT2D eigenvalue weighted by atomic mass is 10.1. The number of aromatic hydroxyl groups is 1. The van der Waals surface area contributed by atoms with Crippen LogP contribution >= 0.6 is 11.6 Å². The lowest BCUT2D eigenvalue weighted by Gasteiger charge is -2.14. The number of aliphatic hydroxyl groups is 1. The summed E-state index contributed by atoms with van der Waals surface area (Å²) in [6, 6.07) is 10.4. The van der Waals surface area contributed by atoms with Gasteiger partial charge < -0.3 is 10.2 Å². The summed E-state index contributed by atoms with van der Waals surface area (Å²) in [5.74, 6) is -0.0423. The number of aromatic nitrogens is 2. The van der Waals surface area contributed by atoms with Crippen LogP contribution in [0.15, 0.2) is 47.4 Å². The molecule has 0 unspecified atom stereocenters. The van der Waals surface area contributed by atoms with Gasteiger partial charge in [0.05, 0.1) is 16.6 Å². The molecule has 5 nitrogen and oxygen atoms in total. The Morgan fingerprint density at radius 2 is 2.00 bits per heavy atom. The molecule has 0 saturated heterocycles. The van der Waals surface area contributed by atoms with Gasteiger partial charge in [-0.05, 0) is 49.6 Å². The summed E-state index contributed by atoms with van der Waals surface area (Å²) in [6.45, 7) is 0.0540. The number of hydrogen-bond donors (Lipinski definition) is 2. The van der Waals surface area contributed by atoms with Gasteiger partial charge in [0.15, 0.2) is 5.65 Å². The van der Waals surface area contributed by atoms with Crippen LogP contribution in [-0.2, 0) is 6.42 Å².